The Morgan fingerprint density at radius 2 is 1.75 bits per heavy atom. The average molecular weight is 236 g/mol. The van der Waals surface area contributed by atoms with Crippen LogP contribution in [0.3, 0.4) is 0 Å². The Morgan fingerprint density at radius 3 is 2.25 bits per heavy atom. The minimum absolute atomic E-state index is 0.183. The molecule has 4 nitrogen and oxygen atoms in total. The molecule has 2 rings (SSSR count). The molecule has 84 valence electrons. The van der Waals surface area contributed by atoms with Gasteiger partial charge in [-0.3, -0.25) is 19.2 Å². The van der Waals surface area contributed by atoms with E-state index in [1.807, 2.05) is 7.05 Å². The van der Waals surface area contributed by atoms with Crippen LogP contribution in [0.25, 0.3) is 0 Å². The standard InChI is InChI=1S/C11H12N2O2S/c1-12-16-7-6-13-10(14)8-4-2-3-5-9(8)11(13)15/h2-5,12H,6-7H2,1H3. The highest BCUT2D eigenvalue weighted by Crippen LogP contribution is 2.22. The summed E-state index contributed by atoms with van der Waals surface area (Å²) >= 11 is 1.48. The summed E-state index contributed by atoms with van der Waals surface area (Å²) in [6, 6.07) is 6.94. The van der Waals surface area contributed by atoms with E-state index in [9.17, 15) is 9.59 Å². The molecule has 1 aromatic carbocycles. The van der Waals surface area contributed by atoms with E-state index in [1.54, 1.807) is 24.3 Å². The van der Waals surface area contributed by atoms with Crippen LogP contribution in [-0.4, -0.2) is 36.1 Å². The second kappa shape index (κ2) is 4.67. The molecule has 2 amide bonds. The van der Waals surface area contributed by atoms with Crippen molar-refractivity contribution in [2.45, 2.75) is 0 Å². The van der Waals surface area contributed by atoms with Gasteiger partial charge in [-0.2, -0.15) is 0 Å². The van der Waals surface area contributed by atoms with Gasteiger partial charge in [-0.25, -0.2) is 0 Å². The molecule has 1 aliphatic heterocycles. The van der Waals surface area contributed by atoms with Crippen LogP contribution in [0.1, 0.15) is 20.7 Å². The second-order valence-electron chi connectivity index (χ2n) is 3.36. The summed E-state index contributed by atoms with van der Waals surface area (Å²) < 4.78 is 2.91. The molecule has 0 aliphatic carbocycles. The quantitative estimate of drug-likeness (QED) is 0.484. The Bertz CT molecular complexity index is 399. The summed E-state index contributed by atoms with van der Waals surface area (Å²) in [5.74, 6) is 0.330. The topological polar surface area (TPSA) is 49.4 Å². The van der Waals surface area contributed by atoms with Crippen molar-refractivity contribution < 1.29 is 9.59 Å². The van der Waals surface area contributed by atoms with Crippen molar-refractivity contribution in [3.05, 3.63) is 35.4 Å². The van der Waals surface area contributed by atoms with Crippen LogP contribution in [-0.2, 0) is 0 Å². The Kier molecular flexibility index (Phi) is 3.26. The highest BCUT2D eigenvalue weighted by molar-refractivity contribution is 7.97. The van der Waals surface area contributed by atoms with Gasteiger partial charge in [0.15, 0.2) is 0 Å². The van der Waals surface area contributed by atoms with Gasteiger partial charge in [0, 0.05) is 12.3 Å². The van der Waals surface area contributed by atoms with Crippen molar-refractivity contribution in [1.82, 2.24) is 9.62 Å². The minimum Gasteiger partial charge on any atom is -0.273 e. The van der Waals surface area contributed by atoms with Crippen LogP contribution >= 0.6 is 11.9 Å². The highest BCUT2D eigenvalue weighted by Gasteiger charge is 2.34. The first-order valence-corrected chi connectivity index (χ1v) is 5.98. The molecule has 0 radical (unpaired) electrons. The van der Waals surface area contributed by atoms with Crippen LogP contribution in [0, 0.1) is 0 Å². The number of nitrogens with one attached hydrogen (secondary N) is 1. The lowest BCUT2D eigenvalue weighted by atomic mass is 10.1. The number of carbonyl (C=O) groups excluding carboxylic acids is 2. The maximum Gasteiger partial charge on any atom is 0.261 e. The van der Waals surface area contributed by atoms with Crippen LogP contribution in [0.15, 0.2) is 24.3 Å². The van der Waals surface area contributed by atoms with Crippen molar-refractivity contribution in [3.8, 4) is 0 Å². The third kappa shape index (κ3) is 1.83. The lowest BCUT2D eigenvalue weighted by Crippen LogP contribution is -2.32. The molecule has 0 fully saturated rings. The number of amides is 2. The first-order chi connectivity index (χ1) is 7.75. The summed E-state index contributed by atoms with van der Waals surface area (Å²) in [5, 5.41) is 0. The van der Waals surface area contributed by atoms with Crippen LogP contribution in [0.4, 0.5) is 0 Å². The van der Waals surface area contributed by atoms with Crippen molar-refractivity contribution in [2.75, 3.05) is 19.3 Å². The zero-order valence-corrected chi connectivity index (χ0v) is 9.71. The predicted molar refractivity (Wildman–Crippen MR) is 63.3 cm³/mol. The summed E-state index contributed by atoms with van der Waals surface area (Å²) in [6.45, 7) is 0.442. The molecule has 0 bridgehead atoms. The monoisotopic (exact) mass is 236 g/mol. The van der Waals surface area contributed by atoms with Crippen molar-refractivity contribution in [3.63, 3.8) is 0 Å². The molecule has 0 unspecified atom stereocenters. The summed E-state index contributed by atoms with van der Waals surface area (Å²) in [5.41, 5.74) is 1.03. The lowest BCUT2D eigenvalue weighted by Gasteiger charge is -2.12. The lowest BCUT2D eigenvalue weighted by molar-refractivity contribution is 0.0664. The molecule has 0 spiro atoms. The molecule has 0 saturated heterocycles. The number of hydrogen-bond acceptors (Lipinski definition) is 4. The van der Waals surface area contributed by atoms with Gasteiger partial charge in [0.2, 0.25) is 0 Å². The normalized spacial score (nSPS) is 14.4. The largest absolute Gasteiger partial charge is 0.273 e. The molecule has 5 heteroatoms. The molecule has 0 atom stereocenters. The van der Waals surface area contributed by atoms with Gasteiger partial charge >= 0.3 is 0 Å². The van der Waals surface area contributed by atoms with E-state index in [4.69, 9.17) is 0 Å². The fourth-order valence-electron chi connectivity index (χ4n) is 1.68. The van der Waals surface area contributed by atoms with E-state index in [0.29, 0.717) is 23.4 Å². The summed E-state index contributed by atoms with van der Waals surface area (Å²) in [6.07, 6.45) is 0. The zero-order valence-electron chi connectivity index (χ0n) is 8.90. The first kappa shape index (κ1) is 11.2. The number of carbonyl (C=O) groups is 2. The van der Waals surface area contributed by atoms with Gasteiger partial charge in [-0.05, 0) is 19.2 Å². The molecule has 0 saturated carbocycles. The van der Waals surface area contributed by atoms with Gasteiger partial charge in [-0.1, -0.05) is 24.1 Å². The maximum atomic E-state index is 11.9. The summed E-state index contributed by atoms with van der Waals surface area (Å²) in [4.78, 5) is 25.1. The highest BCUT2D eigenvalue weighted by atomic mass is 32.2. The molecule has 0 aromatic heterocycles. The molecule has 1 aliphatic rings. The molecular formula is C11H12N2O2S. The number of imide groups is 1. The SMILES string of the molecule is CNSCCN1C(=O)c2ccccc2C1=O. The molecule has 1 N–H and O–H groups in total. The maximum absolute atomic E-state index is 11.9. The van der Waals surface area contributed by atoms with E-state index in [-0.39, 0.29) is 11.8 Å². The second-order valence-corrected chi connectivity index (χ2v) is 4.47. The van der Waals surface area contributed by atoms with Gasteiger partial charge in [0.1, 0.15) is 0 Å². The average Bonchev–Trinajstić information content (AvgIpc) is 2.55. The number of hydrogen-bond donors (Lipinski definition) is 1. The molecule has 1 heterocycles. The fourth-order valence-corrected chi connectivity index (χ4v) is 2.16. The zero-order chi connectivity index (χ0) is 11.5. The Hall–Kier alpha value is -1.33. The van der Waals surface area contributed by atoms with Crippen molar-refractivity contribution in [1.29, 1.82) is 0 Å². The number of fused-ring (bicyclic) bond motifs is 1. The molecule has 1 aromatic rings. The Morgan fingerprint density at radius 1 is 1.19 bits per heavy atom. The predicted octanol–water partition coefficient (Wildman–Crippen LogP) is 1.15. The van der Waals surface area contributed by atoms with E-state index >= 15 is 0 Å². The Labute approximate surface area is 98.1 Å². The van der Waals surface area contributed by atoms with Crippen LogP contribution in [0.5, 0.6) is 0 Å². The van der Waals surface area contributed by atoms with E-state index < -0.39 is 0 Å². The number of rotatable bonds is 4. The van der Waals surface area contributed by atoms with Gasteiger partial charge < -0.3 is 0 Å². The van der Waals surface area contributed by atoms with Crippen molar-refractivity contribution >= 4 is 23.8 Å². The fraction of sp³-hybridized carbons (Fsp3) is 0.273. The minimum atomic E-state index is -0.183. The smallest absolute Gasteiger partial charge is 0.261 e. The van der Waals surface area contributed by atoms with Gasteiger partial charge in [0.05, 0.1) is 11.1 Å². The van der Waals surface area contributed by atoms with Crippen LogP contribution < -0.4 is 4.72 Å². The third-order valence-electron chi connectivity index (χ3n) is 2.44. The van der Waals surface area contributed by atoms with Gasteiger partial charge in [0.25, 0.3) is 11.8 Å². The van der Waals surface area contributed by atoms with E-state index in [2.05, 4.69) is 4.72 Å². The molecule has 16 heavy (non-hydrogen) atoms. The third-order valence-corrected chi connectivity index (χ3v) is 3.11. The van der Waals surface area contributed by atoms with E-state index in [1.165, 1.54) is 16.8 Å². The molecular weight excluding hydrogens is 224 g/mol. The number of nitrogens with zero attached hydrogens (tertiary/aromatic N) is 1. The summed E-state index contributed by atoms with van der Waals surface area (Å²) in [7, 11) is 1.81. The van der Waals surface area contributed by atoms with Crippen LogP contribution in [0.2, 0.25) is 0 Å². The van der Waals surface area contributed by atoms with E-state index in [0.717, 1.165) is 0 Å². The van der Waals surface area contributed by atoms with Gasteiger partial charge in [-0.15, -0.1) is 0 Å². The number of benzene rings is 1. The van der Waals surface area contributed by atoms with Crippen molar-refractivity contribution in [2.24, 2.45) is 0 Å². The Balaban J connectivity index is 2.15. The first-order valence-electron chi connectivity index (χ1n) is 4.99.